The number of methoxy groups -OCH3 is 1. The summed E-state index contributed by atoms with van der Waals surface area (Å²) in [6.07, 6.45) is 3.81. The molecule has 0 aromatic carbocycles. The molecule has 0 atom stereocenters. The van der Waals surface area contributed by atoms with Crippen molar-refractivity contribution in [3.05, 3.63) is 35.9 Å². The van der Waals surface area contributed by atoms with E-state index in [1.807, 2.05) is 6.07 Å². The van der Waals surface area contributed by atoms with Gasteiger partial charge in [0.05, 0.1) is 19.0 Å². The molecule has 0 aliphatic heterocycles. The number of nitrogen functional groups attached to an aromatic ring is 1. The normalized spacial score (nSPS) is 14.5. The minimum absolute atomic E-state index is 0.126. The fraction of sp³-hybridized carbons (Fsp3) is 0.267. The molecule has 0 amide bonds. The van der Waals surface area contributed by atoms with Crippen LogP contribution in [0, 0.1) is 5.82 Å². The van der Waals surface area contributed by atoms with Crippen LogP contribution >= 0.6 is 0 Å². The van der Waals surface area contributed by atoms with Crippen molar-refractivity contribution in [3.63, 3.8) is 0 Å². The summed E-state index contributed by atoms with van der Waals surface area (Å²) < 4.78 is 20.6. The van der Waals surface area contributed by atoms with Crippen LogP contribution in [0.1, 0.15) is 24.5 Å². The zero-order valence-corrected chi connectivity index (χ0v) is 12.0. The number of rotatable bonds is 3. The Hall–Kier alpha value is -2.70. The Labute approximate surface area is 125 Å². The summed E-state index contributed by atoms with van der Waals surface area (Å²) in [4.78, 5) is 8.47. The van der Waals surface area contributed by atoms with Gasteiger partial charge in [0.15, 0.2) is 5.65 Å². The number of fused-ring (bicyclic) bond motifs is 1. The molecule has 1 saturated carbocycles. The Balaban J connectivity index is 1.93. The highest BCUT2D eigenvalue weighted by atomic mass is 19.1. The molecule has 3 aromatic heterocycles. The van der Waals surface area contributed by atoms with Gasteiger partial charge in [-0.3, -0.25) is 0 Å². The van der Waals surface area contributed by atoms with Gasteiger partial charge in [0, 0.05) is 24.1 Å². The highest BCUT2D eigenvalue weighted by molar-refractivity contribution is 5.62. The molecule has 0 unspecified atom stereocenters. The smallest absolute Gasteiger partial charge is 0.157 e. The molecule has 0 spiro atoms. The molecule has 1 fully saturated rings. The Morgan fingerprint density at radius 2 is 2.14 bits per heavy atom. The maximum atomic E-state index is 13.6. The summed E-state index contributed by atoms with van der Waals surface area (Å²) in [6, 6.07) is 4.34. The van der Waals surface area contributed by atoms with Crippen LogP contribution in [-0.4, -0.2) is 26.7 Å². The van der Waals surface area contributed by atoms with Crippen LogP contribution in [0.3, 0.4) is 0 Å². The van der Waals surface area contributed by atoms with Gasteiger partial charge >= 0.3 is 0 Å². The third-order valence-corrected chi connectivity index (χ3v) is 3.74. The number of nitrogens with two attached hydrogens (primary N) is 1. The summed E-state index contributed by atoms with van der Waals surface area (Å²) in [6.45, 7) is 0. The van der Waals surface area contributed by atoms with Gasteiger partial charge in [0.1, 0.15) is 28.8 Å². The summed E-state index contributed by atoms with van der Waals surface area (Å²) in [5.74, 6) is 0.841. The minimum Gasteiger partial charge on any atom is -0.495 e. The number of nitrogens with zero attached hydrogens (tertiary/aromatic N) is 4. The molecule has 0 radical (unpaired) electrons. The Morgan fingerprint density at radius 1 is 1.32 bits per heavy atom. The summed E-state index contributed by atoms with van der Waals surface area (Å²) in [7, 11) is 1.62. The first-order valence-electron chi connectivity index (χ1n) is 7.02. The SMILES string of the molecule is COc1cc2ncc(-c3cc(F)cc(N)n3)n2nc1C1CC1. The van der Waals surface area contributed by atoms with Crippen LogP contribution < -0.4 is 10.5 Å². The lowest BCUT2D eigenvalue weighted by Gasteiger charge is -2.08. The lowest BCUT2D eigenvalue weighted by Crippen LogP contribution is -2.03. The van der Waals surface area contributed by atoms with Gasteiger partial charge in [-0.1, -0.05) is 0 Å². The first-order valence-corrected chi connectivity index (χ1v) is 7.02. The molecule has 0 saturated heterocycles. The molecule has 7 heteroatoms. The molecule has 4 rings (SSSR count). The van der Waals surface area contributed by atoms with Crippen LogP contribution in [0.5, 0.6) is 5.75 Å². The second kappa shape index (κ2) is 4.66. The monoisotopic (exact) mass is 299 g/mol. The van der Waals surface area contributed by atoms with Crippen LogP contribution in [-0.2, 0) is 0 Å². The lowest BCUT2D eigenvalue weighted by atomic mass is 10.2. The second-order valence-electron chi connectivity index (χ2n) is 5.38. The Morgan fingerprint density at radius 3 is 2.82 bits per heavy atom. The van der Waals surface area contributed by atoms with Gasteiger partial charge in [0.2, 0.25) is 0 Å². The van der Waals surface area contributed by atoms with Crippen molar-refractivity contribution in [2.45, 2.75) is 18.8 Å². The number of halogens is 1. The molecule has 22 heavy (non-hydrogen) atoms. The van der Waals surface area contributed by atoms with Gasteiger partial charge in [-0.25, -0.2) is 18.9 Å². The average Bonchev–Trinajstić information content (AvgIpc) is 3.24. The molecule has 6 nitrogen and oxygen atoms in total. The number of anilines is 1. The van der Waals surface area contributed by atoms with E-state index < -0.39 is 5.82 Å². The molecule has 3 heterocycles. The fourth-order valence-electron chi connectivity index (χ4n) is 2.54. The number of pyridine rings is 1. The van der Waals surface area contributed by atoms with E-state index in [9.17, 15) is 4.39 Å². The number of ether oxygens (including phenoxy) is 1. The van der Waals surface area contributed by atoms with E-state index in [-0.39, 0.29) is 5.82 Å². The van der Waals surface area contributed by atoms with Crippen LogP contribution in [0.25, 0.3) is 17.0 Å². The van der Waals surface area contributed by atoms with Gasteiger partial charge in [-0.15, -0.1) is 0 Å². The van der Waals surface area contributed by atoms with Crippen LogP contribution in [0.15, 0.2) is 24.4 Å². The van der Waals surface area contributed by atoms with Crippen LogP contribution in [0.2, 0.25) is 0 Å². The molecule has 2 N–H and O–H groups in total. The third-order valence-electron chi connectivity index (χ3n) is 3.74. The lowest BCUT2D eigenvalue weighted by molar-refractivity contribution is 0.405. The van der Waals surface area contributed by atoms with Crippen molar-refractivity contribution in [1.29, 1.82) is 0 Å². The first kappa shape index (κ1) is 13.0. The Bertz CT molecular complexity index is 851. The largest absolute Gasteiger partial charge is 0.495 e. The highest BCUT2D eigenvalue weighted by Gasteiger charge is 2.29. The van der Waals surface area contributed by atoms with E-state index in [0.717, 1.165) is 24.3 Å². The molecule has 1 aliphatic rings. The zero-order valence-electron chi connectivity index (χ0n) is 12.0. The van der Waals surface area contributed by atoms with E-state index >= 15 is 0 Å². The van der Waals surface area contributed by atoms with Crippen molar-refractivity contribution >= 4 is 11.5 Å². The maximum absolute atomic E-state index is 13.6. The van der Waals surface area contributed by atoms with E-state index in [0.29, 0.717) is 23.0 Å². The van der Waals surface area contributed by atoms with Crippen LogP contribution in [0.4, 0.5) is 10.2 Å². The van der Waals surface area contributed by atoms with Crippen molar-refractivity contribution in [2.24, 2.45) is 0 Å². The molecule has 1 aliphatic carbocycles. The summed E-state index contributed by atoms with van der Waals surface area (Å²) in [5.41, 5.74) is 8.16. The molecule has 3 aromatic rings. The summed E-state index contributed by atoms with van der Waals surface area (Å²) >= 11 is 0. The van der Waals surface area contributed by atoms with E-state index in [4.69, 9.17) is 10.5 Å². The standard InChI is InChI=1S/C15H14FN5O/c1-22-12-6-14-18-7-11(10-4-9(16)5-13(17)19-10)21(14)20-15(12)8-2-3-8/h4-8H,2-3H2,1H3,(H2,17,19). The number of hydrogen-bond acceptors (Lipinski definition) is 5. The van der Waals surface area contributed by atoms with Gasteiger partial charge in [-0.05, 0) is 12.8 Å². The first-order chi connectivity index (χ1) is 10.7. The highest BCUT2D eigenvalue weighted by Crippen LogP contribution is 2.43. The van der Waals surface area contributed by atoms with Crippen molar-refractivity contribution in [2.75, 3.05) is 12.8 Å². The minimum atomic E-state index is -0.437. The summed E-state index contributed by atoms with van der Waals surface area (Å²) in [5, 5.41) is 4.63. The van der Waals surface area contributed by atoms with Crippen molar-refractivity contribution in [3.8, 4) is 17.1 Å². The Kier molecular flexibility index (Phi) is 2.75. The number of hydrogen-bond donors (Lipinski definition) is 1. The second-order valence-corrected chi connectivity index (χ2v) is 5.38. The van der Waals surface area contributed by atoms with Gasteiger partial charge in [0.25, 0.3) is 0 Å². The predicted octanol–water partition coefficient (Wildman–Crippen LogP) is 2.40. The molecule has 0 bridgehead atoms. The molecular formula is C15H14FN5O. The predicted molar refractivity (Wildman–Crippen MR) is 79.1 cm³/mol. The van der Waals surface area contributed by atoms with Crippen molar-refractivity contribution in [1.82, 2.24) is 19.6 Å². The average molecular weight is 299 g/mol. The quantitative estimate of drug-likeness (QED) is 0.803. The fourth-order valence-corrected chi connectivity index (χ4v) is 2.54. The number of imidazole rings is 1. The third kappa shape index (κ3) is 2.05. The van der Waals surface area contributed by atoms with Gasteiger partial charge < -0.3 is 10.5 Å². The topological polar surface area (TPSA) is 78.3 Å². The maximum Gasteiger partial charge on any atom is 0.157 e. The van der Waals surface area contributed by atoms with E-state index in [1.165, 1.54) is 12.1 Å². The molecular weight excluding hydrogens is 285 g/mol. The van der Waals surface area contributed by atoms with Crippen molar-refractivity contribution < 1.29 is 9.13 Å². The number of aromatic nitrogens is 4. The van der Waals surface area contributed by atoms with E-state index in [2.05, 4.69) is 15.1 Å². The zero-order chi connectivity index (χ0) is 15.3. The van der Waals surface area contributed by atoms with Gasteiger partial charge in [-0.2, -0.15) is 5.10 Å². The van der Waals surface area contributed by atoms with E-state index in [1.54, 1.807) is 17.8 Å². The molecule has 112 valence electrons.